The third-order valence-electron chi connectivity index (χ3n) is 2.97. The molecule has 0 unspecified atom stereocenters. The summed E-state index contributed by atoms with van der Waals surface area (Å²) in [5.41, 5.74) is 1.61. The third kappa shape index (κ3) is 2.36. The van der Waals surface area contributed by atoms with E-state index >= 15 is 0 Å². The zero-order valence-electron chi connectivity index (χ0n) is 7.18. The standard InChI is InChI=1S/C11H17/c1-2-4-10(5-3-1)6-7-11-8-9-11/h8-10H,1-7H2. The van der Waals surface area contributed by atoms with Gasteiger partial charge in [0.2, 0.25) is 0 Å². The first-order chi connectivity index (χ1) is 5.45. The zero-order valence-corrected chi connectivity index (χ0v) is 7.18. The van der Waals surface area contributed by atoms with E-state index in [-0.39, 0.29) is 0 Å². The summed E-state index contributed by atoms with van der Waals surface area (Å²) in [6.45, 7) is 0. The van der Waals surface area contributed by atoms with Crippen molar-refractivity contribution >= 4 is 0 Å². The summed E-state index contributed by atoms with van der Waals surface area (Å²) in [5.74, 6) is 1.07. The molecule has 0 nitrogen and oxygen atoms in total. The van der Waals surface area contributed by atoms with Crippen molar-refractivity contribution < 1.29 is 0 Å². The average Bonchev–Trinajstić information content (AvgIpc) is 2.86. The lowest BCUT2D eigenvalue weighted by Gasteiger charge is -2.20. The van der Waals surface area contributed by atoms with Crippen molar-refractivity contribution in [2.24, 2.45) is 5.92 Å². The highest BCUT2D eigenvalue weighted by Gasteiger charge is 2.15. The lowest BCUT2D eigenvalue weighted by atomic mass is 9.86. The first-order valence-electron chi connectivity index (χ1n) is 4.99. The van der Waals surface area contributed by atoms with E-state index in [1.165, 1.54) is 44.9 Å². The van der Waals surface area contributed by atoms with Crippen LogP contribution in [0.1, 0.15) is 44.9 Å². The molecule has 0 saturated heterocycles. The lowest BCUT2D eigenvalue weighted by molar-refractivity contribution is 0.340. The van der Waals surface area contributed by atoms with Gasteiger partial charge in [-0.1, -0.05) is 43.8 Å². The molecule has 0 atom stereocenters. The summed E-state index contributed by atoms with van der Waals surface area (Å²) in [4.78, 5) is 0. The Balaban J connectivity index is 1.63. The van der Waals surface area contributed by atoms with Crippen molar-refractivity contribution in [1.82, 2.24) is 0 Å². The maximum absolute atomic E-state index is 2.25. The molecule has 61 valence electrons. The molecule has 2 aliphatic rings. The molecule has 0 aliphatic heterocycles. The number of hydrogen-bond donors (Lipinski definition) is 0. The van der Waals surface area contributed by atoms with E-state index in [9.17, 15) is 0 Å². The third-order valence-corrected chi connectivity index (χ3v) is 2.97. The van der Waals surface area contributed by atoms with Crippen LogP contribution in [-0.2, 0) is 0 Å². The van der Waals surface area contributed by atoms with Crippen molar-refractivity contribution in [3.8, 4) is 0 Å². The van der Waals surface area contributed by atoms with Gasteiger partial charge in [0.25, 0.3) is 0 Å². The summed E-state index contributed by atoms with van der Waals surface area (Å²) >= 11 is 0. The van der Waals surface area contributed by atoms with Gasteiger partial charge in [-0.05, 0) is 18.8 Å². The minimum atomic E-state index is 1.07. The van der Waals surface area contributed by atoms with Crippen molar-refractivity contribution in [2.75, 3.05) is 0 Å². The predicted octanol–water partition coefficient (Wildman–Crippen LogP) is 3.49. The van der Waals surface area contributed by atoms with E-state index in [1.54, 1.807) is 5.57 Å². The van der Waals surface area contributed by atoms with E-state index in [2.05, 4.69) is 12.5 Å². The highest BCUT2D eigenvalue weighted by Crippen LogP contribution is 2.31. The Labute approximate surface area is 69.7 Å². The molecule has 0 bridgehead atoms. The van der Waals surface area contributed by atoms with Gasteiger partial charge in [0.15, 0.2) is 0 Å². The lowest BCUT2D eigenvalue weighted by Crippen LogP contribution is -2.05. The first kappa shape index (κ1) is 7.39. The topological polar surface area (TPSA) is 0 Å². The molecule has 0 N–H and O–H groups in total. The molecule has 0 aromatic heterocycles. The highest BCUT2D eigenvalue weighted by molar-refractivity contribution is 5.38. The quantitative estimate of drug-likeness (QED) is 0.576. The maximum Gasteiger partial charge on any atom is 0.00802 e. The van der Waals surface area contributed by atoms with Crippen LogP contribution >= 0.6 is 0 Å². The Hall–Kier alpha value is -0.260. The van der Waals surface area contributed by atoms with Gasteiger partial charge >= 0.3 is 0 Å². The molecular formula is C11H17. The fourth-order valence-corrected chi connectivity index (χ4v) is 2.07. The Kier molecular flexibility index (Phi) is 2.30. The summed E-state index contributed by atoms with van der Waals surface area (Å²) in [6, 6.07) is 0. The molecule has 1 saturated carbocycles. The predicted molar refractivity (Wildman–Crippen MR) is 48.2 cm³/mol. The van der Waals surface area contributed by atoms with Gasteiger partial charge in [0.05, 0.1) is 0 Å². The summed E-state index contributed by atoms with van der Waals surface area (Å²) in [5, 5.41) is 0. The van der Waals surface area contributed by atoms with E-state index in [4.69, 9.17) is 0 Å². The fourth-order valence-electron chi connectivity index (χ4n) is 2.07. The monoisotopic (exact) mass is 149 g/mol. The van der Waals surface area contributed by atoms with Crippen molar-refractivity contribution in [3.63, 3.8) is 0 Å². The Morgan fingerprint density at radius 1 is 1.18 bits per heavy atom. The minimum Gasteiger partial charge on any atom is -0.0766 e. The number of allylic oxidation sites excluding steroid dienone is 2. The first-order valence-corrected chi connectivity index (χ1v) is 4.99. The van der Waals surface area contributed by atoms with Gasteiger partial charge in [-0.25, -0.2) is 0 Å². The molecule has 2 rings (SSSR count). The smallest absolute Gasteiger partial charge is 0.00802 e. The number of rotatable bonds is 3. The van der Waals surface area contributed by atoms with E-state index in [0.29, 0.717) is 0 Å². The van der Waals surface area contributed by atoms with Gasteiger partial charge in [0, 0.05) is 6.42 Å². The SMILES string of the molecule is [CH]1C=C1CCC1CCCCC1. The van der Waals surface area contributed by atoms with E-state index < -0.39 is 0 Å². The number of hydrogen-bond acceptors (Lipinski definition) is 0. The fraction of sp³-hybridized carbons (Fsp3) is 0.727. The Bertz CT molecular complexity index is 149. The van der Waals surface area contributed by atoms with Crippen molar-refractivity contribution in [1.29, 1.82) is 0 Å². The molecule has 0 amide bonds. The minimum absolute atomic E-state index is 1.07. The van der Waals surface area contributed by atoms with Gasteiger partial charge in [-0.2, -0.15) is 0 Å². The largest absolute Gasteiger partial charge is 0.0766 e. The van der Waals surface area contributed by atoms with Gasteiger partial charge in [0.1, 0.15) is 0 Å². The maximum atomic E-state index is 2.25. The Morgan fingerprint density at radius 3 is 2.55 bits per heavy atom. The summed E-state index contributed by atoms with van der Waals surface area (Å²) in [6.07, 6.45) is 14.8. The molecule has 0 aromatic carbocycles. The van der Waals surface area contributed by atoms with Crippen LogP contribution in [0.15, 0.2) is 11.6 Å². The second-order valence-electron chi connectivity index (χ2n) is 3.95. The van der Waals surface area contributed by atoms with Crippen LogP contribution in [0, 0.1) is 12.3 Å². The second-order valence-corrected chi connectivity index (χ2v) is 3.95. The summed E-state index contributed by atoms with van der Waals surface area (Å²) < 4.78 is 0. The van der Waals surface area contributed by atoms with Crippen LogP contribution in [0.2, 0.25) is 0 Å². The van der Waals surface area contributed by atoms with Crippen LogP contribution in [-0.4, -0.2) is 0 Å². The van der Waals surface area contributed by atoms with Crippen LogP contribution in [0.25, 0.3) is 0 Å². The molecule has 0 aromatic rings. The molecule has 1 fully saturated rings. The van der Waals surface area contributed by atoms with Crippen LogP contribution in [0.3, 0.4) is 0 Å². The molecule has 1 radical (unpaired) electrons. The molecular weight excluding hydrogens is 132 g/mol. The van der Waals surface area contributed by atoms with Gasteiger partial charge < -0.3 is 0 Å². The molecule has 2 aliphatic carbocycles. The van der Waals surface area contributed by atoms with Gasteiger partial charge in [-0.3, -0.25) is 0 Å². The van der Waals surface area contributed by atoms with Crippen LogP contribution in [0.5, 0.6) is 0 Å². The molecule has 0 heterocycles. The van der Waals surface area contributed by atoms with Crippen LogP contribution < -0.4 is 0 Å². The Morgan fingerprint density at radius 2 is 1.91 bits per heavy atom. The molecule has 0 spiro atoms. The average molecular weight is 149 g/mol. The van der Waals surface area contributed by atoms with Gasteiger partial charge in [-0.15, -0.1) is 0 Å². The van der Waals surface area contributed by atoms with Crippen molar-refractivity contribution in [2.45, 2.75) is 44.9 Å². The van der Waals surface area contributed by atoms with Crippen molar-refractivity contribution in [3.05, 3.63) is 18.1 Å². The highest BCUT2D eigenvalue weighted by atomic mass is 14.2. The molecule has 11 heavy (non-hydrogen) atoms. The summed E-state index contributed by atoms with van der Waals surface area (Å²) in [7, 11) is 0. The molecule has 0 heteroatoms. The van der Waals surface area contributed by atoms with E-state index in [1.807, 2.05) is 0 Å². The van der Waals surface area contributed by atoms with Crippen LogP contribution in [0.4, 0.5) is 0 Å². The second kappa shape index (κ2) is 3.42. The zero-order chi connectivity index (χ0) is 7.52. The van der Waals surface area contributed by atoms with E-state index in [0.717, 1.165) is 5.92 Å². The normalized spacial score (nSPS) is 24.9.